The fourth-order valence-electron chi connectivity index (χ4n) is 2.95. The van der Waals surface area contributed by atoms with Gasteiger partial charge in [-0.15, -0.1) is 0 Å². The van der Waals surface area contributed by atoms with Crippen LogP contribution in [0.5, 0.6) is 0 Å². The van der Waals surface area contributed by atoms with Crippen molar-refractivity contribution < 1.29 is 4.79 Å². The van der Waals surface area contributed by atoms with Crippen molar-refractivity contribution in [3.8, 4) is 0 Å². The first-order chi connectivity index (χ1) is 6.89. The van der Waals surface area contributed by atoms with Crippen molar-refractivity contribution in [2.75, 3.05) is 0 Å². The monoisotopic (exact) mass is 208 g/mol. The molecule has 0 saturated heterocycles. The number of carbonyl (C=O) groups excluding carboxylic acids is 1. The van der Waals surface area contributed by atoms with Crippen LogP contribution < -0.4 is 0 Å². The highest BCUT2D eigenvalue weighted by Gasteiger charge is 2.41. The van der Waals surface area contributed by atoms with E-state index in [1.165, 1.54) is 18.9 Å². The van der Waals surface area contributed by atoms with Gasteiger partial charge in [0, 0.05) is 6.42 Å². The summed E-state index contributed by atoms with van der Waals surface area (Å²) in [5, 5.41) is 0. The fourth-order valence-corrected chi connectivity index (χ4v) is 2.95. The highest BCUT2D eigenvalue weighted by Crippen LogP contribution is 2.49. The first-order valence-electron chi connectivity index (χ1n) is 6.04. The minimum absolute atomic E-state index is 0.203. The molecule has 0 aromatic carbocycles. The van der Waals surface area contributed by atoms with Crippen LogP contribution in [0, 0.1) is 23.2 Å². The number of carbonyl (C=O) groups is 1. The number of hydrogen-bond donors (Lipinski definition) is 0. The Balaban J connectivity index is 2.80. The molecule has 1 rings (SSSR count). The van der Waals surface area contributed by atoms with Crippen molar-refractivity contribution in [1.82, 2.24) is 0 Å². The Morgan fingerprint density at radius 2 is 2.00 bits per heavy atom. The van der Waals surface area contributed by atoms with Crippen molar-refractivity contribution in [3.63, 3.8) is 0 Å². The molecular formula is C14H24O. The van der Waals surface area contributed by atoms with E-state index in [0.29, 0.717) is 18.3 Å². The lowest BCUT2D eigenvalue weighted by Crippen LogP contribution is -2.40. The number of rotatable bonds is 3. The van der Waals surface area contributed by atoms with Gasteiger partial charge in [0.2, 0.25) is 0 Å². The standard InChI is InChI=1S/C14H24O/c1-6-12(15)9-13-10(2)7-8-11(3)14(13,4)5/h6,10-11,13H,1,7-9H2,2-5H3. The van der Waals surface area contributed by atoms with E-state index in [1.54, 1.807) is 0 Å². The second-order valence-electron chi connectivity index (χ2n) is 5.76. The molecule has 1 aliphatic rings. The summed E-state index contributed by atoms with van der Waals surface area (Å²) in [4.78, 5) is 11.5. The molecule has 1 fully saturated rings. The molecule has 1 aliphatic carbocycles. The van der Waals surface area contributed by atoms with Crippen molar-refractivity contribution in [3.05, 3.63) is 12.7 Å². The summed E-state index contributed by atoms with van der Waals surface area (Å²) in [6, 6.07) is 0. The predicted molar refractivity (Wildman–Crippen MR) is 64.7 cm³/mol. The molecule has 0 N–H and O–H groups in total. The van der Waals surface area contributed by atoms with Gasteiger partial charge in [-0.05, 0) is 35.7 Å². The minimum atomic E-state index is 0.203. The summed E-state index contributed by atoms with van der Waals surface area (Å²) in [5.41, 5.74) is 0.288. The third-order valence-corrected chi connectivity index (χ3v) is 4.62. The average molecular weight is 208 g/mol. The van der Waals surface area contributed by atoms with E-state index >= 15 is 0 Å². The van der Waals surface area contributed by atoms with Gasteiger partial charge < -0.3 is 0 Å². The molecule has 0 radical (unpaired) electrons. The van der Waals surface area contributed by atoms with Crippen LogP contribution in [0.25, 0.3) is 0 Å². The molecule has 0 aliphatic heterocycles. The summed E-state index contributed by atoms with van der Waals surface area (Å²) in [7, 11) is 0. The largest absolute Gasteiger partial charge is 0.295 e. The SMILES string of the molecule is C=CC(=O)CC1C(C)CCC(C)C1(C)C. The van der Waals surface area contributed by atoms with Gasteiger partial charge in [-0.25, -0.2) is 0 Å². The van der Waals surface area contributed by atoms with E-state index in [2.05, 4.69) is 34.3 Å². The highest BCUT2D eigenvalue weighted by molar-refractivity contribution is 5.89. The number of hydrogen-bond acceptors (Lipinski definition) is 1. The number of ketones is 1. The van der Waals surface area contributed by atoms with Crippen molar-refractivity contribution >= 4 is 5.78 Å². The lowest BCUT2D eigenvalue weighted by atomic mass is 9.58. The molecule has 0 heterocycles. The summed E-state index contributed by atoms with van der Waals surface area (Å²) < 4.78 is 0. The normalized spacial score (nSPS) is 34.8. The highest BCUT2D eigenvalue weighted by atomic mass is 16.1. The van der Waals surface area contributed by atoms with Crippen LogP contribution in [0.4, 0.5) is 0 Å². The maximum absolute atomic E-state index is 11.5. The van der Waals surface area contributed by atoms with E-state index in [0.717, 1.165) is 5.92 Å². The van der Waals surface area contributed by atoms with Crippen LogP contribution in [0.15, 0.2) is 12.7 Å². The molecule has 1 heteroatoms. The minimum Gasteiger partial charge on any atom is -0.295 e. The molecule has 86 valence electrons. The molecule has 0 spiro atoms. The average Bonchev–Trinajstić information content (AvgIpc) is 2.19. The Hall–Kier alpha value is -0.590. The molecule has 1 saturated carbocycles. The van der Waals surface area contributed by atoms with Gasteiger partial charge in [0.05, 0.1) is 0 Å². The van der Waals surface area contributed by atoms with Crippen LogP contribution in [0.1, 0.15) is 47.0 Å². The quantitative estimate of drug-likeness (QED) is 0.644. The lowest BCUT2D eigenvalue weighted by molar-refractivity contribution is -0.118. The van der Waals surface area contributed by atoms with Gasteiger partial charge in [0.25, 0.3) is 0 Å². The summed E-state index contributed by atoms with van der Waals surface area (Å²) in [5.74, 6) is 2.11. The lowest BCUT2D eigenvalue weighted by Gasteiger charge is -2.47. The summed E-state index contributed by atoms with van der Waals surface area (Å²) in [6.45, 7) is 12.8. The molecule has 0 bridgehead atoms. The molecular weight excluding hydrogens is 184 g/mol. The first-order valence-corrected chi connectivity index (χ1v) is 6.04. The van der Waals surface area contributed by atoms with E-state index in [4.69, 9.17) is 0 Å². The number of allylic oxidation sites excluding steroid dienone is 1. The summed E-state index contributed by atoms with van der Waals surface area (Å²) >= 11 is 0. The van der Waals surface area contributed by atoms with Gasteiger partial charge in [0.1, 0.15) is 0 Å². The third kappa shape index (κ3) is 2.50. The van der Waals surface area contributed by atoms with Gasteiger partial charge in [-0.1, -0.05) is 40.7 Å². The molecule has 0 amide bonds. The van der Waals surface area contributed by atoms with Crippen molar-refractivity contribution in [2.24, 2.45) is 23.2 Å². The Kier molecular flexibility index (Phi) is 3.75. The van der Waals surface area contributed by atoms with Crippen LogP contribution >= 0.6 is 0 Å². The Morgan fingerprint density at radius 3 is 2.53 bits per heavy atom. The van der Waals surface area contributed by atoms with Crippen molar-refractivity contribution in [1.29, 1.82) is 0 Å². The van der Waals surface area contributed by atoms with Gasteiger partial charge in [0.15, 0.2) is 5.78 Å². The maximum Gasteiger partial charge on any atom is 0.155 e. The predicted octanol–water partition coefficient (Wildman–Crippen LogP) is 3.84. The third-order valence-electron chi connectivity index (χ3n) is 4.62. The van der Waals surface area contributed by atoms with Gasteiger partial charge in [-0.3, -0.25) is 4.79 Å². The molecule has 0 aromatic heterocycles. The van der Waals surface area contributed by atoms with E-state index in [1.807, 2.05) is 0 Å². The van der Waals surface area contributed by atoms with E-state index < -0.39 is 0 Å². The Labute approximate surface area is 93.9 Å². The second kappa shape index (κ2) is 4.51. The zero-order valence-electron chi connectivity index (χ0n) is 10.5. The Bertz CT molecular complexity index is 252. The second-order valence-corrected chi connectivity index (χ2v) is 5.76. The Morgan fingerprint density at radius 1 is 1.40 bits per heavy atom. The van der Waals surface area contributed by atoms with Gasteiger partial charge >= 0.3 is 0 Å². The molecule has 0 aromatic rings. The zero-order chi connectivity index (χ0) is 11.6. The van der Waals surface area contributed by atoms with Crippen LogP contribution in [-0.4, -0.2) is 5.78 Å². The summed E-state index contributed by atoms with van der Waals surface area (Å²) in [6.07, 6.45) is 4.72. The topological polar surface area (TPSA) is 17.1 Å². The van der Waals surface area contributed by atoms with Crippen LogP contribution in [0.2, 0.25) is 0 Å². The van der Waals surface area contributed by atoms with E-state index in [9.17, 15) is 4.79 Å². The molecule has 3 atom stereocenters. The van der Waals surface area contributed by atoms with Gasteiger partial charge in [-0.2, -0.15) is 0 Å². The van der Waals surface area contributed by atoms with Crippen LogP contribution in [-0.2, 0) is 4.79 Å². The van der Waals surface area contributed by atoms with Crippen molar-refractivity contribution in [2.45, 2.75) is 47.0 Å². The maximum atomic E-state index is 11.5. The zero-order valence-corrected chi connectivity index (χ0v) is 10.5. The van der Waals surface area contributed by atoms with Crippen LogP contribution in [0.3, 0.4) is 0 Å². The van der Waals surface area contributed by atoms with E-state index in [-0.39, 0.29) is 11.2 Å². The smallest absolute Gasteiger partial charge is 0.155 e. The molecule has 3 unspecified atom stereocenters. The molecule has 15 heavy (non-hydrogen) atoms. The first kappa shape index (κ1) is 12.5. The molecule has 1 nitrogen and oxygen atoms in total. The fraction of sp³-hybridized carbons (Fsp3) is 0.786.